The molecule has 1 atom stereocenters. The van der Waals surface area contributed by atoms with E-state index in [0.717, 1.165) is 32.0 Å². The Kier molecular flexibility index (Phi) is 5.26. The number of hydrogen-bond acceptors (Lipinski definition) is 3. The fraction of sp³-hybridized carbons (Fsp3) is 0.923. The van der Waals surface area contributed by atoms with Crippen molar-refractivity contribution in [3.8, 4) is 0 Å². The van der Waals surface area contributed by atoms with Gasteiger partial charge in [-0.3, -0.25) is 4.79 Å². The lowest BCUT2D eigenvalue weighted by Gasteiger charge is -2.22. The molecule has 1 amide bonds. The van der Waals surface area contributed by atoms with Crippen LogP contribution in [0, 0.1) is 5.92 Å². The summed E-state index contributed by atoms with van der Waals surface area (Å²) in [5, 5.41) is 6.13. The molecule has 1 unspecified atom stereocenters. The zero-order chi connectivity index (χ0) is 11.9. The lowest BCUT2D eigenvalue weighted by atomic mass is 10.1. The Morgan fingerprint density at radius 1 is 1.24 bits per heavy atom. The van der Waals surface area contributed by atoms with Gasteiger partial charge in [-0.15, -0.1) is 0 Å². The fourth-order valence-corrected chi connectivity index (χ4v) is 2.14. The molecular formula is C13H24N2O2. The molecule has 0 spiro atoms. The summed E-state index contributed by atoms with van der Waals surface area (Å²) in [4.78, 5) is 11.4. The van der Waals surface area contributed by atoms with Crippen LogP contribution in [0.5, 0.6) is 0 Å². The molecule has 2 aliphatic rings. The zero-order valence-corrected chi connectivity index (χ0v) is 10.5. The molecule has 1 aliphatic carbocycles. The minimum atomic E-state index is 0.126. The maximum Gasteiger partial charge on any atom is 0.233 e. The second kappa shape index (κ2) is 6.97. The average Bonchev–Trinajstić information content (AvgIpc) is 3.17. The van der Waals surface area contributed by atoms with Crippen LogP contribution in [0.4, 0.5) is 0 Å². The van der Waals surface area contributed by atoms with Crippen LogP contribution in [-0.4, -0.2) is 38.3 Å². The van der Waals surface area contributed by atoms with Crippen molar-refractivity contribution in [2.45, 2.75) is 44.6 Å². The van der Waals surface area contributed by atoms with Crippen molar-refractivity contribution in [3.63, 3.8) is 0 Å². The Morgan fingerprint density at radius 2 is 2.12 bits per heavy atom. The molecule has 4 heteroatoms. The van der Waals surface area contributed by atoms with Crippen LogP contribution in [0.1, 0.15) is 38.5 Å². The summed E-state index contributed by atoms with van der Waals surface area (Å²) < 4.78 is 5.63. The number of carbonyl (C=O) groups excluding carboxylic acids is 1. The molecule has 2 fully saturated rings. The predicted octanol–water partition coefficient (Wildman–Crippen LogP) is 1.06. The number of nitrogens with one attached hydrogen (secondary N) is 2. The van der Waals surface area contributed by atoms with Crippen LogP contribution in [0.3, 0.4) is 0 Å². The van der Waals surface area contributed by atoms with Crippen LogP contribution in [0.15, 0.2) is 0 Å². The first-order valence-electron chi connectivity index (χ1n) is 6.93. The van der Waals surface area contributed by atoms with Crippen LogP contribution < -0.4 is 10.6 Å². The third-order valence-corrected chi connectivity index (χ3v) is 3.49. The second-order valence-electron chi connectivity index (χ2n) is 5.20. The van der Waals surface area contributed by atoms with E-state index in [1.54, 1.807) is 0 Å². The highest BCUT2D eigenvalue weighted by Gasteiger charge is 2.21. The normalized spacial score (nSPS) is 24.6. The maximum atomic E-state index is 11.4. The highest BCUT2D eigenvalue weighted by atomic mass is 16.5. The largest absolute Gasteiger partial charge is 0.378 e. The van der Waals surface area contributed by atoms with E-state index in [9.17, 15) is 4.79 Å². The average molecular weight is 240 g/mol. The first-order valence-corrected chi connectivity index (χ1v) is 6.93. The van der Waals surface area contributed by atoms with E-state index < -0.39 is 0 Å². The van der Waals surface area contributed by atoms with Crippen molar-refractivity contribution in [3.05, 3.63) is 0 Å². The Bertz CT molecular complexity index is 236. The van der Waals surface area contributed by atoms with Gasteiger partial charge in [-0.2, -0.15) is 0 Å². The van der Waals surface area contributed by atoms with Crippen molar-refractivity contribution in [1.29, 1.82) is 0 Å². The molecule has 0 bridgehead atoms. The fourth-order valence-electron chi connectivity index (χ4n) is 2.14. The first-order chi connectivity index (χ1) is 8.34. The van der Waals surface area contributed by atoms with E-state index in [0.29, 0.717) is 12.6 Å². The van der Waals surface area contributed by atoms with Crippen molar-refractivity contribution in [2.24, 2.45) is 5.92 Å². The van der Waals surface area contributed by atoms with Gasteiger partial charge >= 0.3 is 0 Å². The molecule has 1 saturated carbocycles. The molecule has 4 nitrogen and oxygen atoms in total. The van der Waals surface area contributed by atoms with Crippen LogP contribution in [0.25, 0.3) is 0 Å². The summed E-state index contributed by atoms with van der Waals surface area (Å²) in [6.45, 7) is 3.10. The highest BCUT2D eigenvalue weighted by molar-refractivity contribution is 5.77. The highest BCUT2D eigenvalue weighted by Crippen LogP contribution is 2.27. The van der Waals surface area contributed by atoms with Gasteiger partial charge in [0.25, 0.3) is 0 Å². The Labute approximate surface area is 103 Å². The van der Waals surface area contributed by atoms with E-state index in [1.807, 2.05) is 0 Å². The van der Waals surface area contributed by atoms with Gasteiger partial charge in [0.2, 0.25) is 5.91 Å². The topological polar surface area (TPSA) is 50.4 Å². The summed E-state index contributed by atoms with van der Waals surface area (Å²) in [6.07, 6.45) is 7.66. The van der Waals surface area contributed by atoms with Crippen molar-refractivity contribution in [2.75, 3.05) is 26.2 Å². The third-order valence-electron chi connectivity index (χ3n) is 3.49. The smallest absolute Gasteiger partial charge is 0.233 e. The van der Waals surface area contributed by atoms with Crippen molar-refractivity contribution < 1.29 is 9.53 Å². The standard InChI is InChI=1S/C13H24N2O2/c16-13(15-9-11-4-5-11)10-14-7-6-12-3-1-2-8-17-12/h11-12,14H,1-10H2,(H,15,16). The number of hydrogen-bond donors (Lipinski definition) is 2. The Hall–Kier alpha value is -0.610. The molecule has 0 aromatic heterocycles. The van der Waals surface area contributed by atoms with E-state index in [4.69, 9.17) is 4.74 Å². The van der Waals surface area contributed by atoms with Gasteiger partial charge in [0.05, 0.1) is 12.6 Å². The number of carbonyl (C=O) groups is 1. The maximum absolute atomic E-state index is 11.4. The minimum Gasteiger partial charge on any atom is -0.378 e. The van der Waals surface area contributed by atoms with Gasteiger partial charge in [-0.05, 0) is 51.0 Å². The van der Waals surface area contributed by atoms with E-state index in [2.05, 4.69) is 10.6 Å². The van der Waals surface area contributed by atoms with Crippen molar-refractivity contribution >= 4 is 5.91 Å². The summed E-state index contributed by atoms with van der Waals surface area (Å²) in [5.41, 5.74) is 0. The molecule has 0 aromatic carbocycles. The lowest BCUT2D eigenvalue weighted by molar-refractivity contribution is -0.120. The van der Waals surface area contributed by atoms with Gasteiger partial charge < -0.3 is 15.4 Å². The lowest BCUT2D eigenvalue weighted by Crippen LogP contribution is -2.36. The van der Waals surface area contributed by atoms with E-state index in [1.165, 1.54) is 32.1 Å². The molecule has 2 rings (SSSR count). The third kappa shape index (κ3) is 5.50. The molecule has 1 aliphatic heterocycles. The predicted molar refractivity (Wildman–Crippen MR) is 66.8 cm³/mol. The first kappa shape index (κ1) is 12.8. The van der Waals surface area contributed by atoms with Gasteiger partial charge in [0.1, 0.15) is 0 Å². The SMILES string of the molecule is O=C(CNCCC1CCCCO1)NCC1CC1. The van der Waals surface area contributed by atoms with Crippen LogP contribution >= 0.6 is 0 Å². The molecule has 1 saturated heterocycles. The molecular weight excluding hydrogens is 216 g/mol. The summed E-state index contributed by atoms with van der Waals surface area (Å²) >= 11 is 0. The Morgan fingerprint density at radius 3 is 2.82 bits per heavy atom. The quantitative estimate of drug-likeness (QED) is 0.654. The summed E-state index contributed by atoms with van der Waals surface area (Å²) in [6, 6.07) is 0. The Balaban J connectivity index is 1.42. The van der Waals surface area contributed by atoms with Gasteiger partial charge in [0, 0.05) is 13.2 Å². The number of rotatable bonds is 7. The van der Waals surface area contributed by atoms with Crippen molar-refractivity contribution in [1.82, 2.24) is 10.6 Å². The molecule has 0 radical (unpaired) electrons. The monoisotopic (exact) mass is 240 g/mol. The minimum absolute atomic E-state index is 0.126. The van der Waals surface area contributed by atoms with Gasteiger partial charge in [0.15, 0.2) is 0 Å². The number of ether oxygens (including phenoxy) is 1. The molecule has 17 heavy (non-hydrogen) atoms. The summed E-state index contributed by atoms with van der Waals surface area (Å²) in [7, 11) is 0. The van der Waals surface area contributed by atoms with Gasteiger partial charge in [-0.1, -0.05) is 0 Å². The van der Waals surface area contributed by atoms with Crippen LogP contribution in [-0.2, 0) is 9.53 Å². The summed E-state index contributed by atoms with van der Waals surface area (Å²) in [5.74, 6) is 0.885. The zero-order valence-electron chi connectivity index (χ0n) is 10.5. The molecule has 0 aromatic rings. The molecule has 98 valence electrons. The molecule has 1 heterocycles. The van der Waals surface area contributed by atoms with Gasteiger partial charge in [-0.25, -0.2) is 0 Å². The van der Waals surface area contributed by atoms with Crippen LogP contribution in [0.2, 0.25) is 0 Å². The van der Waals surface area contributed by atoms with E-state index in [-0.39, 0.29) is 5.91 Å². The van der Waals surface area contributed by atoms with E-state index >= 15 is 0 Å². The second-order valence-corrected chi connectivity index (χ2v) is 5.20. The number of amides is 1. The molecule has 2 N–H and O–H groups in total.